The molecule has 2 rings (SSSR count). The first-order valence-corrected chi connectivity index (χ1v) is 5.48. The van der Waals surface area contributed by atoms with Gasteiger partial charge in [0.05, 0.1) is 6.10 Å². The van der Waals surface area contributed by atoms with Crippen molar-refractivity contribution in [3.8, 4) is 0 Å². The molecule has 1 atom stereocenters. The molecule has 1 aromatic heterocycles. The van der Waals surface area contributed by atoms with Crippen LogP contribution < -0.4 is 0 Å². The molecule has 1 heterocycles. The van der Waals surface area contributed by atoms with E-state index in [2.05, 4.69) is 4.98 Å². The molecule has 0 aliphatic rings. The number of H-pyrrole nitrogens is 1. The zero-order valence-corrected chi connectivity index (χ0v) is 9.38. The fourth-order valence-electron chi connectivity index (χ4n) is 1.73. The summed E-state index contributed by atoms with van der Waals surface area (Å²) in [5.41, 5.74) is 2.30. The lowest BCUT2D eigenvalue weighted by Gasteiger charge is -2.02. The predicted molar refractivity (Wildman–Crippen MR) is 63.3 cm³/mol. The second-order valence-corrected chi connectivity index (χ2v) is 4.33. The van der Waals surface area contributed by atoms with Crippen molar-refractivity contribution in [3.05, 3.63) is 35.0 Å². The van der Waals surface area contributed by atoms with E-state index in [0.29, 0.717) is 0 Å². The Morgan fingerprint density at radius 3 is 3.00 bits per heavy atom. The molecule has 2 aromatic rings. The number of nitrogens with one attached hydrogen (secondary N) is 1. The minimum Gasteiger partial charge on any atom is -0.393 e. The van der Waals surface area contributed by atoms with E-state index < -0.39 is 0 Å². The van der Waals surface area contributed by atoms with Gasteiger partial charge < -0.3 is 10.1 Å². The number of benzene rings is 1. The molecule has 1 aromatic carbocycles. The number of aliphatic hydroxyl groups is 1. The Bertz CT molecular complexity index is 462. The smallest absolute Gasteiger partial charge is 0.0515 e. The molecule has 0 unspecified atom stereocenters. The number of rotatable bonds is 3. The van der Waals surface area contributed by atoms with E-state index in [-0.39, 0.29) is 6.10 Å². The number of aliphatic hydroxyl groups excluding tert-OH is 1. The first-order chi connectivity index (χ1) is 7.16. The average molecular weight is 224 g/mol. The van der Waals surface area contributed by atoms with Crippen LogP contribution in [0.1, 0.15) is 18.9 Å². The maximum atomic E-state index is 9.24. The SMILES string of the molecule is C[C@@H](O)CCc1c[nH]c2cc(Cl)ccc12. The maximum Gasteiger partial charge on any atom is 0.0515 e. The van der Waals surface area contributed by atoms with E-state index in [1.807, 2.05) is 31.3 Å². The van der Waals surface area contributed by atoms with Gasteiger partial charge >= 0.3 is 0 Å². The summed E-state index contributed by atoms with van der Waals surface area (Å²) in [7, 11) is 0. The van der Waals surface area contributed by atoms with Crippen molar-refractivity contribution in [3.63, 3.8) is 0 Å². The lowest BCUT2D eigenvalue weighted by Crippen LogP contribution is -2.00. The normalized spacial score (nSPS) is 13.3. The lowest BCUT2D eigenvalue weighted by molar-refractivity contribution is 0.185. The molecule has 0 spiro atoms. The molecule has 0 saturated carbocycles. The Morgan fingerprint density at radius 2 is 2.27 bits per heavy atom. The van der Waals surface area contributed by atoms with E-state index >= 15 is 0 Å². The van der Waals surface area contributed by atoms with Gasteiger partial charge in [0.1, 0.15) is 0 Å². The fourth-order valence-corrected chi connectivity index (χ4v) is 1.90. The van der Waals surface area contributed by atoms with Crippen molar-refractivity contribution >= 4 is 22.5 Å². The number of aromatic amines is 1. The largest absolute Gasteiger partial charge is 0.393 e. The predicted octanol–water partition coefficient (Wildman–Crippen LogP) is 3.13. The average Bonchev–Trinajstić information content (AvgIpc) is 2.57. The van der Waals surface area contributed by atoms with E-state index in [1.165, 1.54) is 10.9 Å². The molecule has 3 heteroatoms. The zero-order valence-electron chi connectivity index (χ0n) is 8.63. The second-order valence-electron chi connectivity index (χ2n) is 3.89. The molecule has 0 fully saturated rings. The van der Waals surface area contributed by atoms with Crippen LogP contribution in [0.2, 0.25) is 5.02 Å². The van der Waals surface area contributed by atoms with Crippen molar-refractivity contribution in [2.45, 2.75) is 25.9 Å². The minimum atomic E-state index is -0.248. The highest BCUT2D eigenvalue weighted by Gasteiger charge is 2.05. The molecule has 15 heavy (non-hydrogen) atoms. The third-order valence-electron chi connectivity index (χ3n) is 2.56. The van der Waals surface area contributed by atoms with Crippen LogP contribution in [0.25, 0.3) is 10.9 Å². The van der Waals surface area contributed by atoms with Crippen molar-refractivity contribution in [1.29, 1.82) is 0 Å². The minimum absolute atomic E-state index is 0.248. The fraction of sp³-hybridized carbons (Fsp3) is 0.333. The highest BCUT2D eigenvalue weighted by Crippen LogP contribution is 2.23. The zero-order chi connectivity index (χ0) is 10.8. The molecule has 2 nitrogen and oxygen atoms in total. The molecule has 0 radical (unpaired) electrons. The van der Waals surface area contributed by atoms with Gasteiger partial charge in [-0.3, -0.25) is 0 Å². The second kappa shape index (κ2) is 4.25. The molecule has 2 N–H and O–H groups in total. The van der Waals surface area contributed by atoms with Gasteiger partial charge in [-0.2, -0.15) is 0 Å². The molecule has 0 saturated heterocycles. The van der Waals surface area contributed by atoms with E-state index in [9.17, 15) is 5.11 Å². The number of hydrogen-bond donors (Lipinski definition) is 2. The standard InChI is InChI=1S/C12H14ClNO/c1-8(15)2-3-9-7-14-12-6-10(13)4-5-11(9)12/h4-8,14-15H,2-3H2,1H3/t8-/m1/s1. The molecule has 0 aliphatic heterocycles. The van der Waals surface area contributed by atoms with Crippen molar-refractivity contribution < 1.29 is 5.11 Å². The Kier molecular flexibility index (Phi) is 2.98. The van der Waals surface area contributed by atoms with Crippen LogP contribution in [0.3, 0.4) is 0 Å². The van der Waals surface area contributed by atoms with Gasteiger partial charge in [-0.05, 0) is 37.5 Å². The topological polar surface area (TPSA) is 36.0 Å². The number of halogens is 1. The summed E-state index contributed by atoms with van der Waals surface area (Å²) in [6.07, 6.45) is 3.42. The Morgan fingerprint density at radius 1 is 1.47 bits per heavy atom. The van der Waals surface area contributed by atoms with Gasteiger partial charge in [0, 0.05) is 22.1 Å². The summed E-state index contributed by atoms with van der Waals surface area (Å²) in [5, 5.41) is 11.2. The van der Waals surface area contributed by atoms with Gasteiger partial charge in [0.25, 0.3) is 0 Å². The summed E-state index contributed by atoms with van der Waals surface area (Å²) >= 11 is 5.90. The molecule has 80 valence electrons. The molecular formula is C12H14ClNO. The summed E-state index contributed by atoms with van der Waals surface area (Å²) in [6.45, 7) is 1.81. The van der Waals surface area contributed by atoms with E-state index in [4.69, 9.17) is 11.6 Å². The Labute approximate surface area is 93.9 Å². The third-order valence-corrected chi connectivity index (χ3v) is 2.80. The lowest BCUT2D eigenvalue weighted by atomic mass is 10.1. The summed E-state index contributed by atoms with van der Waals surface area (Å²) in [4.78, 5) is 3.19. The number of aryl methyl sites for hydroxylation is 1. The number of fused-ring (bicyclic) bond motifs is 1. The molecule has 0 bridgehead atoms. The van der Waals surface area contributed by atoms with Crippen LogP contribution in [0, 0.1) is 0 Å². The number of hydrogen-bond acceptors (Lipinski definition) is 1. The maximum absolute atomic E-state index is 9.24. The number of aromatic nitrogens is 1. The summed E-state index contributed by atoms with van der Waals surface area (Å²) in [6, 6.07) is 5.83. The molecule has 0 amide bonds. The third kappa shape index (κ3) is 2.33. The van der Waals surface area contributed by atoms with E-state index in [1.54, 1.807) is 0 Å². The van der Waals surface area contributed by atoms with Crippen LogP contribution >= 0.6 is 11.6 Å². The van der Waals surface area contributed by atoms with Gasteiger partial charge in [-0.1, -0.05) is 17.7 Å². The van der Waals surface area contributed by atoms with Crippen LogP contribution in [-0.2, 0) is 6.42 Å². The van der Waals surface area contributed by atoms with Gasteiger partial charge in [0.15, 0.2) is 0 Å². The highest BCUT2D eigenvalue weighted by molar-refractivity contribution is 6.31. The summed E-state index contributed by atoms with van der Waals surface area (Å²) < 4.78 is 0. The van der Waals surface area contributed by atoms with Gasteiger partial charge in [-0.15, -0.1) is 0 Å². The van der Waals surface area contributed by atoms with Crippen molar-refractivity contribution in [2.75, 3.05) is 0 Å². The van der Waals surface area contributed by atoms with Gasteiger partial charge in [-0.25, -0.2) is 0 Å². The van der Waals surface area contributed by atoms with Crippen LogP contribution in [-0.4, -0.2) is 16.2 Å². The quantitative estimate of drug-likeness (QED) is 0.824. The van der Waals surface area contributed by atoms with Crippen LogP contribution in [0.15, 0.2) is 24.4 Å². The first kappa shape index (κ1) is 10.5. The first-order valence-electron chi connectivity index (χ1n) is 5.10. The van der Waals surface area contributed by atoms with Crippen molar-refractivity contribution in [2.24, 2.45) is 0 Å². The molecule has 0 aliphatic carbocycles. The summed E-state index contributed by atoms with van der Waals surface area (Å²) in [5.74, 6) is 0. The van der Waals surface area contributed by atoms with Crippen molar-refractivity contribution in [1.82, 2.24) is 4.98 Å². The molecular weight excluding hydrogens is 210 g/mol. The Hall–Kier alpha value is -0.990. The van der Waals surface area contributed by atoms with Crippen LogP contribution in [0.4, 0.5) is 0 Å². The van der Waals surface area contributed by atoms with Crippen LogP contribution in [0.5, 0.6) is 0 Å². The van der Waals surface area contributed by atoms with Gasteiger partial charge in [0.2, 0.25) is 0 Å². The monoisotopic (exact) mass is 223 g/mol. The van der Waals surface area contributed by atoms with E-state index in [0.717, 1.165) is 23.4 Å². The highest BCUT2D eigenvalue weighted by atomic mass is 35.5. The Balaban J connectivity index is 2.29.